The molecule has 0 aliphatic heterocycles. The minimum absolute atomic E-state index is 0.322. The summed E-state index contributed by atoms with van der Waals surface area (Å²) in [6.07, 6.45) is 0. The number of thiazole rings is 1. The van der Waals surface area contributed by atoms with Gasteiger partial charge in [-0.15, -0.1) is 11.3 Å². The number of hydrogen-bond acceptors (Lipinski definition) is 4. The monoisotopic (exact) mass is 315 g/mol. The molecule has 2 aromatic rings. The van der Waals surface area contributed by atoms with Gasteiger partial charge in [-0.2, -0.15) is 0 Å². The number of carbonyl (C=O) groups is 1. The summed E-state index contributed by atoms with van der Waals surface area (Å²) in [5.74, 6) is -0.416. The zero-order valence-corrected chi connectivity index (χ0v) is 12.7. The third-order valence-corrected chi connectivity index (χ3v) is 4.27. The molecule has 0 amide bonds. The first-order valence-corrected chi connectivity index (χ1v) is 7.20. The third kappa shape index (κ3) is 2.91. The number of ether oxygens (including phenoxy) is 1. The summed E-state index contributed by atoms with van der Waals surface area (Å²) in [6, 6.07) is 5.33. The Labute approximate surface area is 125 Å². The summed E-state index contributed by atoms with van der Waals surface area (Å²) in [5, 5.41) is 1.56. The van der Waals surface area contributed by atoms with Crippen LogP contribution < -0.4 is 0 Å². The summed E-state index contributed by atoms with van der Waals surface area (Å²) in [6.45, 7) is 3.91. The van der Waals surface area contributed by atoms with E-state index < -0.39 is 5.97 Å². The summed E-state index contributed by atoms with van der Waals surface area (Å²) in [5.41, 5.74) is 1.05. The average Bonchev–Trinajstić information content (AvgIpc) is 2.75. The molecule has 0 spiro atoms. The highest BCUT2D eigenvalue weighted by Gasteiger charge is 2.19. The second-order valence-electron chi connectivity index (χ2n) is 3.75. The number of halogens is 2. The molecule has 100 valence electrons. The van der Waals surface area contributed by atoms with Gasteiger partial charge in [-0.1, -0.05) is 35.3 Å². The lowest BCUT2D eigenvalue weighted by molar-refractivity contribution is 0.0519. The van der Waals surface area contributed by atoms with Crippen LogP contribution in [0.2, 0.25) is 10.0 Å². The van der Waals surface area contributed by atoms with E-state index in [1.54, 1.807) is 19.1 Å². The molecule has 0 fully saturated rings. The van der Waals surface area contributed by atoms with E-state index in [1.807, 2.05) is 13.0 Å². The maximum atomic E-state index is 11.7. The average molecular weight is 316 g/mol. The Balaban J connectivity index is 2.45. The normalized spacial score (nSPS) is 10.5. The zero-order valence-electron chi connectivity index (χ0n) is 10.4. The molecule has 3 nitrogen and oxygen atoms in total. The van der Waals surface area contributed by atoms with Crippen molar-refractivity contribution in [2.75, 3.05) is 6.61 Å². The Morgan fingerprint density at radius 3 is 2.84 bits per heavy atom. The Hall–Kier alpha value is -1.10. The standard InChI is InChI=1S/C13H11Cl2NO2S/c1-3-18-13(17)11-7(2)19-12(16-11)8-5-4-6-9(14)10(8)15/h4-6H,3H2,1-2H3. The highest BCUT2D eigenvalue weighted by Crippen LogP contribution is 2.36. The van der Waals surface area contributed by atoms with Gasteiger partial charge in [0.15, 0.2) is 5.69 Å². The topological polar surface area (TPSA) is 39.2 Å². The Morgan fingerprint density at radius 2 is 2.16 bits per heavy atom. The van der Waals surface area contributed by atoms with E-state index in [0.29, 0.717) is 27.4 Å². The lowest BCUT2D eigenvalue weighted by Gasteiger charge is -2.01. The van der Waals surface area contributed by atoms with Gasteiger partial charge >= 0.3 is 5.97 Å². The number of nitrogens with zero attached hydrogens (tertiary/aromatic N) is 1. The quantitative estimate of drug-likeness (QED) is 0.777. The molecule has 1 aromatic heterocycles. The number of carbonyl (C=O) groups excluding carboxylic acids is 1. The van der Waals surface area contributed by atoms with Gasteiger partial charge in [0.2, 0.25) is 0 Å². The first kappa shape index (κ1) is 14.3. The number of aromatic nitrogens is 1. The number of esters is 1. The fourth-order valence-electron chi connectivity index (χ4n) is 1.57. The van der Waals surface area contributed by atoms with E-state index in [-0.39, 0.29) is 0 Å². The summed E-state index contributed by atoms with van der Waals surface area (Å²) in [7, 11) is 0. The molecule has 19 heavy (non-hydrogen) atoms. The van der Waals surface area contributed by atoms with Gasteiger partial charge in [0.1, 0.15) is 5.01 Å². The van der Waals surface area contributed by atoms with Crippen molar-refractivity contribution in [3.63, 3.8) is 0 Å². The van der Waals surface area contributed by atoms with Crippen LogP contribution in [0.25, 0.3) is 10.6 Å². The maximum absolute atomic E-state index is 11.7. The number of aryl methyl sites for hydroxylation is 1. The van der Waals surface area contributed by atoms with Crippen LogP contribution in [0.4, 0.5) is 0 Å². The molecule has 6 heteroatoms. The van der Waals surface area contributed by atoms with Crippen LogP contribution in [-0.2, 0) is 4.74 Å². The molecule has 0 saturated carbocycles. The van der Waals surface area contributed by atoms with Crippen molar-refractivity contribution in [1.29, 1.82) is 0 Å². The Kier molecular flexibility index (Phi) is 4.45. The first-order valence-electron chi connectivity index (χ1n) is 5.63. The second kappa shape index (κ2) is 5.90. The van der Waals surface area contributed by atoms with Crippen LogP contribution in [0.1, 0.15) is 22.3 Å². The van der Waals surface area contributed by atoms with E-state index in [9.17, 15) is 4.79 Å². The lowest BCUT2D eigenvalue weighted by Crippen LogP contribution is -2.06. The molecule has 2 rings (SSSR count). The predicted octanol–water partition coefficient (Wildman–Crippen LogP) is 4.60. The highest BCUT2D eigenvalue weighted by atomic mass is 35.5. The zero-order chi connectivity index (χ0) is 14.0. The molecular weight excluding hydrogens is 305 g/mol. The van der Waals surface area contributed by atoms with Crippen LogP contribution in [0, 0.1) is 6.92 Å². The van der Waals surface area contributed by atoms with Gasteiger partial charge < -0.3 is 4.74 Å². The van der Waals surface area contributed by atoms with Gasteiger partial charge in [-0.25, -0.2) is 9.78 Å². The summed E-state index contributed by atoms with van der Waals surface area (Å²) < 4.78 is 4.96. The number of rotatable bonds is 3. The minimum atomic E-state index is -0.416. The first-order chi connectivity index (χ1) is 9.04. The van der Waals surface area contributed by atoms with Gasteiger partial charge in [-0.3, -0.25) is 0 Å². The molecule has 0 atom stereocenters. The van der Waals surface area contributed by atoms with Gasteiger partial charge in [0.25, 0.3) is 0 Å². The van der Waals surface area contributed by atoms with Crippen LogP contribution >= 0.6 is 34.5 Å². The van der Waals surface area contributed by atoms with Crippen LogP contribution in [-0.4, -0.2) is 17.6 Å². The molecule has 0 aliphatic carbocycles. The van der Waals surface area contributed by atoms with Crippen LogP contribution in [0.5, 0.6) is 0 Å². The van der Waals surface area contributed by atoms with Crippen molar-refractivity contribution >= 4 is 40.5 Å². The van der Waals surface area contributed by atoms with E-state index in [0.717, 1.165) is 10.4 Å². The lowest BCUT2D eigenvalue weighted by atomic mass is 10.2. The molecule has 0 radical (unpaired) electrons. The fraction of sp³-hybridized carbons (Fsp3) is 0.231. The van der Waals surface area contributed by atoms with Gasteiger partial charge in [0.05, 0.1) is 16.7 Å². The molecular formula is C13H11Cl2NO2S. The van der Waals surface area contributed by atoms with Crippen molar-refractivity contribution in [3.8, 4) is 10.6 Å². The van der Waals surface area contributed by atoms with Crippen LogP contribution in [0.3, 0.4) is 0 Å². The summed E-state index contributed by atoms with van der Waals surface area (Å²) in [4.78, 5) is 16.8. The van der Waals surface area contributed by atoms with Crippen LogP contribution in [0.15, 0.2) is 18.2 Å². The molecule has 0 bridgehead atoms. The van der Waals surface area contributed by atoms with E-state index in [1.165, 1.54) is 11.3 Å². The molecule has 0 N–H and O–H groups in total. The molecule has 0 saturated heterocycles. The number of benzene rings is 1. The number of hydrogen-bond donors (Lipinski definition) is 0. The van der Waals surface area contributed by atoms with E-state index in [2.05, 4.69) is 4.98 Å². The molecule has 0 unspecified atom stereocenters. The third-order valence-electron chi connectivity index (χ3n) is 2.45. The van der Waals surface area contributed by atoms with Gasteiger partial charge in [-0.05, 0) is 19.9 Å². The molecule has 1 aromatic carbocycles. The maximum Gasteiger partial charge on any atom is 0.358 e. The smallest absolute Gasteiger partial charge is 0.358 e. The Morgan fingerprint density at radius 1 is 1.42 bits per heavy atom. The Bertz CT molecular complexity index is 625. The minimum Gasteiger partial charge on any atom is -0.461 e. The van der Waals surface area contributed by atoms with Crippen molar-refractivity contribution in [3.05, 3.63) is 38.8 Å². The van der Waals surface area contributed by atoms with E-state index >= 15 is 0 Å². The fourth-order valence-corrected chi connectivity index (χ4v) is 2.95. The molecule has 1 heterocycles. The van der Waals surface area contributed by atoms with Crippen molar-refractivity contribution < 1.29 is 9.53 Å². The van der Waals surface area contributed by atoms with Gasteiger partial charge in [0, 0.05) is 10.4 Å². The summed E-state index contributed by atoms with van der Waals surface area (Å²) >= 11 is 13.5. The second-order valence-corrected chi connectivity index (χ2v) is 5.73. The van der Waals surface area contributed by atoms with Crippen molar-refractivity contribution in [1.82, 2.24) is 4.98 Å². The van der Waals surface area contributed by atoms with Crippen molar-refractivity contribution in [2.45, 2.75) is 13.8 Å². The highest BCUT2D eigenvalue weighted by molar-refractivity contribution is 7.15. The largest absolute Gasteiger partial charge is 0.461 e. The molecule has 0 aliphatic rings. The predicted molar refractivity (Wildman–Crippen MR) is 78.3 cm³/mol. The SMILES string of the molecule is CCOC(=O)c1nc(-c2cccc(Cl)c2Cl)sc1C. The van der Waals surface area contributed by atoms with E-state index in [4.69, 9.17) is 27.9 Å². The van der Waals surface area contributed by atoms with Crippen molar-refractivity contribution in [2.24, 2.45) is 0 Å².